The van der Waals surface area contributed by atoms with Crippen molar-refractivity contribution in [2.24, 2.45) is 0 Å². The first-order valence-corrected chi connectivity index (χ1v) is 9.39. The first-order chi connectivity index (χ1) is 12.7. The first kappa shape index (κ1) is 18.5. The van der Waals surface area contributed by atoms with Crippen LogP contribution < -0.4 is 10.1 Å². The number of likely N-dealkylation sites (tertiary alicyclic amines) is 1. The van der Waals surface area contributed by atoms with Crippen molar-refractivity contribution in [2.45, 2.75) is 39.3 Å². The maximum atomic E-state index is 12.6. The molecule has 26 heavy (non-hydrogen) atoms. The summed E-state index contributed by atoms with van der Waals surface area (Å²) >= 11 is 0. The Morgan fingerprint density at radius 2 is 1.81 bits per heavy atom. The maximum Gasteiger partial charge on any atom is 0.255 e. The lowest BCUT2D eigenvalue weighted by Gasteiger charge is -2.27. The number of nitrogens with one attached hydrogen (secondary N) is 1. The van der Waals surface area contributed by atoms with Gasteiger partial charge in [0, 0.05) is 13.1 Å². The Labute approximate surface area is 156 Å². The lowest BCUT2D eigenvalue weighted by atomic mass is 10.0. The Morgan fingerprint density at radius 3 is 2.54 bits per heavy atom. The normalized spacial score (nSPS) is 14.8. The van der Waals surface area contributed by atoms with Crippen LogP contribution in [0.25, 0.3) is 0 Å². The number of benzene rings is 2. The Hall–Kier alpha value is -2.33. The van der Waals surface area contributed by atoms with Crippen LogP contribution in [-0.4, -0.2) is 31.0 Å². The number of rotatable bonds is 6. The van der Waals surface area contributed by atoms with E-state index in [9.17, 15) is 4.79 Å². The van der Waals surface area contributed by atoms with Gasteiger partial charge < -0.3 is 10.1 Å². The molecule has 1 aliphatic heterocycles. The summed E-state index contributed by atoms with van der Waals surface area (Å²) < 4.78 is 5.33. The highest BCUT2D eigenvalue weighted by molar-refractivity contribution is 5.97. The third kappa shape index (κ3) is 4.64. The van der Waals surface area contributed by atoms with Crippen molar-refractivity contribution < 1.29 is 9.53 Å². The van der Waals surface area contributed by atoms with E-state index in [2.05, 4.69) is 28.4 Å². The molecule has 0 radical (unpaired) electrons. The molecule has 1 heterocycles. The van der Waals surface area contributed by atoms with Gasteiger partial charge in [-0.15, -0.1) is 0 Å². The minimum Gasteiger partial charge on any atom is -0.496 e. The predicted molar refractivity (Wildman–Crippen MR) is 104 cm³/mol. The van der Waals surface area contributed by atoms with Gasteiger partial charge in [-0.1, -0.05) is 42.3 Å². The van der Waals surface area contributed by atoms with E-state index < -0.39 is 0 Å². The smallest absolute Gasteiger partial charge is 0.255 e. The van der Waals surface area contributed by atoms with Crippen molar-refractivity contribution in [3.63, 3.8) is 0 Å². The molecule has 3 rings (SSSR count). The van der Waals surface area contributed by atoms with Crippen LogP contribution in [0.15, 0.2) is 42.5 Å². The highest BCUT2D eigenvalue weighted by atomic mass is 16.5. The summed E-state index contributed by atoms with van der Waals surface area (Å²) in [5.74, 6) is 0.507. The summed E-state index contributed by atoms with van der Waals surface area (Å²) in [5.41, 5.74) is 4.10. The Balaban J connectivity index is 1.68. The molecule has 1 amide bonds. The molecule has 2 aromatic carbocycles. The number of carbonyl (C=O) groups excluding carboxylic acids is 1. The van der Waals surface area contributed by atoms with Gasteiger partial charge in [0.1, 0.15) is 5.75 Å². The van der Waals surface area contributed by atoms with Gasteiger partial charge in [-0.2, -0.15) is 0 Å². The van der Waals surface area contributed by atoms with Crippen LogP contribution in [0.2, 0.25) is 0 Å². The van der Waals surface area contributed by atoms with Crippen LogP contribution in [0.5, 0.6) is 5.75 Å². The summed E-state index contributed by atoms with van der Waals surface area (Å²) in [4.78, 5) is 15.2. The van der Waals surface area contributed by atoms with Gasteiger partial charge in [-0.05, 0) is 56.1 Å². The molecule has 0 spiro atoms. The molecule has 0 aliphatic carbocycles. The Kier molecular flexibility index (Phi) is 6.29. The third-order valence-electron chi connectivity index (χ3n) is 5.00. The number of hydrogen-bond donors (Lipinski definition) is 1. The van der Waals surface area contributed by atoms with Crippen molar-refractivity contribution in [3.05, 3.63) is 64.7 Å². The number of amides is 1. The molecule has 1 saturated heterocycles. The van der Waals surface area contributed by atoms with Crippen molar-refractivity contribution >= 4 is 5.91 Å². The summed E-state index contributed by atoms with van der Waals surface area (Å²) in [5, 5.41) is 3.06. The molecule has 4 heteroatoms. The number of piperidine rings is 1. The van der Waals surface area contributed by atoms with Crippen LogP contribution >= 0.6 is 0 Å². The summed E-state index contributed by atoms with van der Waals surface area (Å²) in [6.07, 6.45) is 3.91. The number of aryl methyl sites for hydroxylation is 1. The van der Waals surface area contributed by atoms with Crippen molar-refractivity contribution in [1.82, 2.24) is 10.2 Å². The minimum atomic E-state index is -0.0988. The second-order valence-electron chi connectivity index (χ2n) is 6.99. The molecule has 0 saturated carbocycles. The van der Waals surface area contributed by atoms with Crippen LogP contribution in [0.4, 0.5) is 0 Å². The largest absolute Gasteiger partial charge is 0.496 e. The monoisotopic (exact) mass is 352 g/mol. The molecule has 1 N–H and O–H groups in total. The van der Waals surface area contributed by atoms with Gasteiger partial charge in [0.2, 0.25) is 0 Å². The van der Waals surface area contributed by atoms with Crippen LogP contribution in [0.1, 0.15) is 46.3 Å². The van der Waals surface area contributed by atoms with Gasteiger partial charge in [0.15, 0.2) is 0 Å². The van der Waals surface area contributed by atoms with Crippen LogP contribution in [0, 0.1) is 6.92 Å². The molecule has 1 aliphatic rings. The van der Waals surface area contributed by atoms with E-state index in [1.54, 1.807) is 7.11 Å². The third-order valence-corrected chi connectivity index (χ3v) is 5.00. The van der Waals surface area contributed by atoms with E-state index in [4.69, 9.17) is 4.74 Å². The second-order valence-corrected chi connectivity index (χ2v) is 6.99. The molecule has 0 atom stereocenters. The van der Waals surface area contributed by atoms with E-state index in [0.717, 1.165) is 12.1 Å². The van der Waals surface area contributed by atoms with Crippen molar-refractivity contribution in [1.29, 1.82) is 0 Å². The SMILES string of the molecule is COc1ccc(C)cc1C(=O)NCc1ccccc1CN1CCCCC1. The molecule has 2 aromatic rings. The fourth-order valence-corrected chi connectivity index (χ4v) is 3.51. The topological polar surface area (TPSA) is 41.6 Å². The van der Waals surface area contributed by atoms with Gasteiger partial charge >= 0.3 is 0 Å². The number of ether oxygens (including phenoxy) is 1. The molecular formula is C22H28N2O2. The summed E-state index contributed by atoms with van der Waals surface area (Å²) in [6, 6.07) is 14.0. The van der Waals surface area contributed by atoms with Crippen molar-refractivity contribution in [2.75, 3.05) is 20.2 Å². The van der Waals surface area contributed by atoms with Gasteiger partial charge in [-0.3, -0.25) is 9.69 Å². The lowest BCUT2D eigenvalue weighted by Crippen LogP contribution is -2.30. The maximum absolute atomic E-state index is 12.6. The number of methoxy groups -OCH3 is 1. The van der Waals surface area contributed by atoms with Crippen LogP contribution in [0.3, 0.4) is 0 Å². The number of carbonyl (C=O) groups is 1. The Morgan fingerprint density at radius 1 is 1.08 bits per heavy atom. The average molecular weight is 352 g/mol. The molecule has 138 valence electrons. The van der Waals surface area contributed by atoms with Gasteiger partial charge in [0.25, 0.3) is 5.91 Å². The molecule has 0 bridgehead atoms. The zero-order valence-electron chi connectivity index (χ0n) is 15.8. The highest BCUT2D eigenvalue weighted by Crippen LogP contribution is 2.20. The van der Waals surface area contributed by atoms with Crippen LogP contribution in [-0.2, 0) is 13.1 Å². The van der Waals surface area contributed by atoms with E-state index in [1.165, 1.54) is 43.5 Å². The fourth-order valence-electron chi connectivity index (χ4n) is 3.51. The molecule has 4 nitrogen and oxygen atoms in total. The van der Waals surface area contributed by atoms with E-state index in [1.807, 2.05) is 31.2 Å². The van der Waals surface area contributed by atoms with Gasteiger partial charge in [-0.25, -0.2) is 0 Å². The van der Waals surface area contributed by atoms with Crippen molar-refractivity contribution in [3.8, 4) is 5.75 Å². The molecule has 0 unspecified atom stereocenters. The quantitative estimate of drug-likeness (QED) is 0.857. The molecular weight excluding hydrogens is 324 g/mol. The van der Waals surface area contributed by atoms with E-state index >= 15 is 0 Å². The minimum absolute atomic E-state index is 0.0988. The predicted octanol–water partition coefficient (Wildman–Crippen LogP) is 3.92. The number of hydrogen-bond acceptors (Lipinski definition) is 3. The molecule has 1 fully saturated rings. The fraction of sp³-hybridized carbons (Fsp3) is 0.409. The summed E-state index contributed by atoms with van der Waals surface area (Å²) in [6.45, 7) is 5.80. The zero-order valence-corrected chi connectivity index (χ0v) is 15.8. The second kappa shape index (κ2) is 8.86. The lowest BCUT2D eigenvalue weighted by molar-refractivity contribution is 0.0947. The standard InChI is InChI=1S/C22H28N2O2/c1-17-10-11-21(26-2)20(14-17)22(25)23-15-18-8-4-5-9-19(18)16-24-12-6-3-7-13-24/h4-5,8-11,14H,3,6-7,12-13,15-16H2,1-2H3,(H,23,25). The number of nitrogens with zero attached hydrogens (tertiary/aromatic N) is 1. The molecule has 0 aromatic heterocycles. The summed E-state index contributed by atoms with van der Waals surface area (Å²) in [7, 11) is 1.59. The first-order valence-electron chi connectivity index (χ1n) is 9.39. The van der Waals surface area contributed by atoms with Gasteiger partial charge in [0.05, 0.1) is 12.7 Å². The van der Waals surface area contributed by atoms with E-state index in [-0.39, 0.29) is 5.91 Å². The van der Waals surface area contributed by atoms with E-state index in [0.29, 0.717) is 17.9 Å². The highest BCUT2D eigenvalue weighted by Gasteiger charge is 2.15. The Bertz CT molecular complexity index is 752. The average Bonchev–Trinajstić information content (AvgIpc) is 2.68. The zero-order chi connectivity index (χ0) is 18.4.